The molecule has 0 aliphatic heterocycles. The third-order valence-electron chi connectivity index (χ3n) is 2.89. The Hall–Kier alpha value is -1.67. The Kier molecular flexibility index (Phi) is 3.89. The number of rotatable bonds is 4. The average Bonchev–Trinajstić information content (AvgIpc) is 2.40. The fourth-order valence-corrected chi connectivity index (χ4v) is 1.95. The molecule has 2 heteroatoms. The zero-order valence-corrected chi connectivity index (χ0v) is 10.4. The van der Waals surface area contributed by atoms with E-state index in [1.54, 1.807) is 6.20 Å². The summed E-state index contributed by atoms with van der Waals surface area (Å²) in [5, 5.41) is 3.42. The predicted octanol–water partition coefficient (Wildman–Crippen LogP) is 3.42. The molecule has 0 amide bonds. The largest absolute Gasteiger partial charge is 0.310 e. The van der Waals surface area contributed by atoms with Crippen molar-refractivity contribution in [1.29, 1.82) is 0 Å². The second kappa shape index (κ2) is 5.60. The smallest absolute Gasteiger partial charge is 0.0346 e. The molecular weight excluding hydrogens is 208 g/mol. The molecule has 1 aromatic heterocycles. The minimum atomic E-state index is 0.386. The van der Waals surface area contributed by atoms with Crippen LogP contribution in [0.5, 0.6) is 0 Å². The van der Waals surface area contributed by atoms with E-state index in [0.717, 1.165) is 12.1 Å². The normalized spacial score (nSPS) is 12.4. The molecule has 1 aromatic carbocycles. The van der Waals surface area contributed by atoms with Gasteiger partial charge in [0.1, 0.15) is 0 Å². The van der Waals surface area contributed by atoms with Gasteiger partial charge in [-0.15, -0.1) is 0 Å². The maximum absolute atomic E-state index is 4.16. The van der Waals surface area contributed by atoms with Gasteiger partial charge in [0.2, 0.25) is 0 Å². The van der Waals surface area contributed by atoms with Gasteiger partial charge in [-0.2, -0.15) is 0 Å². The van der Waals surface area contributed by atoms with Gasteiger partial charge in [0, 0.05) is 18.4 Å². The first-order chi connectivity index (χ1) is 8.31. The standard InChI is InChI=1S/C15H18N2/c1-3-17-12(2)13-6-4-7-14(10-13)15-8-5-9-16-11-15/h4-12,17H,3H2,1-2H3. The lowest BCUT2D eigenvalue weighted by Crippen LogP contribution is -2.17. The molecule has 0 fully saturated rings. The zero-order chi connectivity index (χ0) is 12.1. The second-order valence-electron chi connectivity index (χ2n) is 4.15. The fourth-order valence-electron chi connectivity index (χ4n) is 1.95. The molecule has 0 bridgehead atoms. The molecular formula is C15H18N2. The Labute approximate surface area is 103 Å². The van der Waals surface area contributed by atoms with Crippen LogP contribution in [-0.2, 0) is 0 Å². The van der Waals surface area contributed by atoms with Crippen molar-refractivity contribution in [2.75, 3.05) is 6.54 Å². The van der Waals surface area contributed by atoms with Gasteiger partial charge >= 0.3 is 0 Å². The zero-order valence-electron chi connectivity index (χ0n) is 10.4. The van der Waals surface area contributed by atoms with Crippen LogP contribution in [0.15, 0.2) is 48.8 Å². The van der Waals surface area contributed by atoms with Gasteiger partial charge in [-0.1, -0.05) is 31.2 Å². The predicted molar refractivity (Wildman–Crippen MR) is 71.8 cm³/mol. The molecule has 1 N–H and O–H groups in total. The lowest BCUT2D eigenvalue weighted by Gasteiger charge is -2.13. The second-order valence-corrected chi connectivity index (χ2v) is 4.15. The van der Waals surface area contributed by atoms with Gasteiger partial charge in [0.25, 0.3) is 0 Å². The highest BCUT2D eigenvalue weighted by Crippen LogP contribution is 2.22. The van der Waals surface area contributed by atoms with E-state index in [0.29, 0.717) is 6.04 Å². The molecule has 0 saturated carbocycles. The topological polar surface area (TPSA) is 24.9 Å². The van der Waals surface area contributed by atoms with Crippen molar-refractivity contribution in [2.45, 2.75) is 19.9 Å². The third kappa shape index (κ3) is 2.92. The fraction of sp³-hybridized carbons (Fsp3) is 0.267. The maximum atomic E-state index is 4.16. The number of aromatic nitrogens is 1. The van der Waals surface area contributed by atoms with E-state index in [9.17, 15) is 0 Å². The van der Waals surface area contributed by atoms with Crippen molar-refractivity contribution >= 4 is 0 Å². The van der Waals surface area contributed by atoms with Gasteiger partial charge in [0.05, 0.1) is 0 Å². The van der Waals surface area contributed by atoms with E-state index < -0.39 is 0 Å². The first-order valence-corrected chi connectivity index (χ1v) is 6.05. The third-order valence-corrected chi connectivity index (χ3v) is 2.89. The molecule has 0 aliphatic rings. The van der Waals surface area contributed by atoms with Crippen LogP contribution in [0.2, 0.25) is 0 Å². The van der Waals surface area contributed by atoms with Crippen molar-refractivity contribution in [1.82, 2.24) is 10.3 Å². The molecule has 1 unspecified atom stereocenters. The number of hydrogen-bond donors (Lipinski definition) is 1. The van der Waals surface area contributed by atoms with Gasteiger partial charge in [0.15, 0.2) is 0 Å². The van der Waals surface area contributed by atoms with Crippen LogP contribution >= 0.6 is 0 Å². The molecule has 1 heterocycles. The maximum Gasteiger partial charge on any atom is 0.0346 e. The molecule has 88 valence electrons. The number of nitrogens with zero attached hydrogens (tertiary/aromatic N) is 1. The molecule has 2 nitrogen and oxygen atoms in total. The summed E-state index contributed by atoms with van der Waals surface area (Å²) in [6.45, 7) is 5.30. The van der Waals surface area contributed by atoms with E-state index >= 15 is 0 Å². The van der Waals surface area contributed by atoms with Gasteiger partial charge in [-0.3, -0.25) is 4.98 Å². The van der Waals surface area contributed by atoms with Crippen molar-refractivity contribution in [3.8, 4) is 11.1 Å². The molecule has 1 atom stereocenters. The summed E-state index contributed by atoms with van der Waals surface area (Å²) < 4.78 is 0. The Bertz CT molecular complexity index is 465. The van der Waals surface area contributed by atoms with Crippen molar-refractivity contribution in [3.63, 3.8) is 0 Å². The number of pyridine rings is 1. The first-order valence-electron chi connectivity index (χ1n) is 6.05. The first kappa shape index (κ1) is 11.8. The Morgan fingerprint density at radius 3 is 2.71 bits per heavy atom. The Morgan fingerprint density at radius 2 is 2.00 bits per heavy atom. The van der Waals surface area contributed by atoms with E-state index in [-0.39, 0.29) is 0 Å². The van der Waals surface area contributed by atoms with Crippen LogP contribution in [-0.4, -0.2) is 11.5 Å². The average molecular weight is 226 g/mol. The lowest BCUT2D eigenvalue weighted by molar-refractivity contribution is 0.598. The summed E-state index contributed by atoms with van der Waals surface area (Å²) in [7, 11) is 0. The molecule has 2 rings (SSSR count). The Morgan fingerprint density at radius 1 is 1.18 bits per heavy atom. The molecule has 0 spiro atoms. The summed E-state index contributed by atoms with van der Waals surface area (Å²) in [6, 6.07) is 13.1. The van der Waals surface area contributed by atoms with Crippen molar-refractivity contribution < 1.29 is 0 Å². The molecule has 0 saturated heterocycles. The number of hydrogen-bond acceptors (Lipinski definition) is 2. The SMILES string of the molecule is CCNC(C)c1cccc(-c2cccnc2)c1. The lowest BCUT2D eigenvalue weighted by atomic mass is 10.0. The quantitative estimate of drug-likeness (QED) is 0.864. The van der Waals surface area contributed by atoms with Crippen LogP contribution in [0, 0.1) is 0 Å². The van der Waals surface area contributed by atoms with E-state index in [2.05, 4.69) is 54.5 Å². The summed E-state index contributed by atoms with van der Waals surface area (Å²) in [6.07, 6.45) is 3.70. The highest BCUT2D eigenvalue weighted by Gasteiger charge is 2.05. The monoisotopic (exact) mass is 226 g/mol. The van der Waals surface area contributed by atoms with E-state index in [4.69, 9.17) is 0 Å². The van der Waals surface area contributed by atoms with Gasteiger partial charge < -0.3 is 5.32 Å². The highest BCUT2D eigenvalue weighted by molar-refractivity contribution is 5.63. The molecule has 0 aliphatic carbocycles. The summed E-state index contributed by atoms with van der Waals surface area (Å²) >= 11 is 0. The van der Waals surface area contributed by atoms with Crippen LogP contribution in [0.3, 0.4) is 0 Å². The summed E-state index contributed by atoms with van der Waals surface area (Å²) in [5.74, 6) is 0. The molecule has 0 radical (unpaired) electrons. The van der Waals surface area contributed by atoms with Gasteiger partial charge in [-0.25, -0.2) is 0 Å². The Balaban J connectivity index is 2.29. The van der Waals surface area contributed by atoms with E-state index in [1.165, 1.54) is 11.1 Å². The minimum Gasteiger partial charge on any atom is -0.310 e. The molecule has 2 aromatic rings. The van der Waals surface area contributed by atoms with Crippen LogP contribution < -0.4 is 5.32 Å². The van der Waals surface area contributed by atoms with Crippen molar-refractivity contribution in [3.05, 3.63) is 54.4 Å². The highest BCUT2D eigenvalue weighted by atomic mass is 14.9. The number of benzene rings is 1. The van der Waals surface area contributed by atoms with Crippen LogP contribution in [0.25, 0.3) is 11.1 Å². The molecule has 17 heavy (non-hydrogen) atoms. The van der Waals surface area contributed by atoms with Crippen molar-refractivity contribution in [2.24, 2.45) is 0 Å². The van der Waals surface area contributed by atoms with Gasteiger partial charge in [-0.05, 0) is 42.3 Å². The summed E-state index contributed by atoms with van der Waals surface area (Å²) in [4.78, 5) is 4.16. The van der Waals surface area contributed by atoms with E-state index in [1.807, 2.05) is 12.3 Å². The number of nitrogens with one attached hydrogen (secondary N) is 1. The minimum absolute atomic E-state index is 0.386. The van der Waals surface area contributed by atoms with Crippen LogP contribution in [0.4, 0.5) is 0 Å². The van der Waals surface area contributed by atoms with Crippen LogP contribution in [0.1, 0.15) is 25.5 Å². The summed E-state index contributed by atoms with van der Waals surface area (Å²) in [5.41, 5.74) is 3.70.